The standard InChI is InChI=1S/C11H18N2O3/c1-13(6-4-2-3-5-12)10-8-16-7-9(10)11(14)15/h9-10H,2-4,6-8H2,1H3,(H,14,15). The first-order chi connectivity index (χ1) is 7.66. The van der Waals surface area contributed by atoms with Crippen LogP contribution in [0.2, 0.25) is 0 Å². The number of nitriles is 1. The molecular weight excluding hydrogens is 208 g/mol. The number of hydrogen-bond acceptors (Lipinski definition) is 4. The van der Waals surface area contributed by atoms with Gasteiger partial charge in [0.05, 0.1) is 25.2 Å². The van der Waals surface area contributed by atoms with Gasteiger partial charge in [-0.25, -0.2) is 0 Å². The van der Waals surface area contributed by atoms with E-state index in [1.54, 1.807) is 0 Å². The van der Waals surface area contributed by atoms with Crippen molar-refractivity contribution < 1.29 is 14.6 Å². The molecule has 0 amide bonds. The van der Waals surface area contributed by atoms with Crippen LogP contribution in [0.1, 0.15) is 19.3 Å². The molecule has 1 saturated heterocycles. The summed E-state index contributed by atoms with van der Waals surface area (Å²) in [6.45, 7) is 1.62. The van der Waals surface area contributed by atoms with Gasteiger partial charge in [0.25, 0.3) is 0 Å². The number of carboxylic acids is 1. The minimum atomic E-state index is -0.786. The summed E-state index contributed by atoms with van der Waals surface area (Å²) in [4.78, 5) is 13.0. The van der Waals surface area contributed by atoms with Gasteiger partial charge in [0, 0.05) is 12.5 Å². The molecular formula is C11H18N2O3. The second-order valence-electron chi connectivity index (χ2n) is 4.15. The van der Waals surface area contributed by atoms with Crippen molar-refractivity contribution in [3.05, 3.63) is 0 Å². The van der Waals surface area contributed by atoms with E-state index in [0.29, 0.717) is 19.6 Å². The molecule has 0 aliphatic carbocycles. The lowest BCUT2D eigenvalue weighted by molar-refractivity contribution is -0.143. The zero-order valence-electron chi connectivity index (χ0n) is 9.56. The second-order valence-corrected chi connectivity index (χ2v) is 4.15. The maximum Gasteiger partial charge on any atom is 0.310 e. The monoisotopic (exact) mass is 226 g/mol. The first kappa shape index (κ1) is 12.9. The van der Waals surface area contributed by atoms with Crippen molar-refractivity contribution in [3.8, 4) is 6.07 Å². The summed E-state index contributed by atoms with van der Waals surface area (Å²) >= 11 is 0. The number of ether oxygens (including phenoxy) is 1. The van der Waals surface area contributed by atoms with E-state index in [2.05, 4.69) is 6.07 Å². The molecule has 1 N–H and O–H groups in total. The molecule has 90 valence electrons. The van der Waals surface area contributed by atoms with Crippen LogP contribution in [0.4, 0.5) is 0 Å². The highest BCUT2D eigenvalue weighted by atomic mass is 16.5. The second kappa shape index (κ2) is 6.46. The number of nitrogens with zero attached hydrogens (tertiary/aromatic N) is 2. The average molecular weight is 226 g/mol. The molecule has 0 aromatic heterocycles. The molecule has 0 aromatic rings. The Labute approximate surface area is 95.6 Å². The van der Waals surface area contributed by atoms with E-state index in [1.807, 2.05) is 11.9 Å². The topological polar surface area (TPSA) is 73.6 Å². The van der Waals surface area contributed by atoms with Gasteiger partial charge >= 0.3 is 5.97 Å². The average Bonchev–Trinajstić information content (AvgIpc) is 2.73. The number of aliphatic carboxylic acids is 1. The summed E-state index contributed by atoms with van der Waals surface area (Å²) < 4.78 is 5.20. The number of rotatable bonds is 6. The van der Waals surface area contributed by atoms with E-state index in [0.717, 1.165) is 19.4 Å². The molecule has 1 heterocycles. The molecule has 5 heteroatoms. The third kappa shape index (κ3) is 3.47. The SMILES string of the molecule is CN(CCCCC#N)C1COCC1C(=O)O. The maximum atomic E-state index is 10.9. The number of hydrogen-bond donors (Lipinski definition) is 1. The van der Waals surface area contributed by atoms with Gasteiger partial charge in [-0.05, 0) is 26.4 Å². The smallest absolute Gasteiger partial charge is 0.310 e. The quantitative estimate of drug-likeness (QED) is 0.675. The Bertz CT molecular complexity index is 275. The molecule has 0 spiro atoms. The van der Waals surface area contributed by atoms with Crippen LogP contribution in [0.25, 0.3) is 0 Å². The molecule has 2 unspecified atom stereocenters. The lowest BCUT2D eigenvalue weighted by atomic mass is 10.0. The van der Waals surface area contributed by atoms with Gasteiger partial charge in [0.1, 0.15) is 0 Å². The highest BCUT2D eigenvalue weighted by Gasteiger charge is 2.36. The lowest BCUT2D eigenvalue weighted by Gasteiger charge is -2.25. The van der Waals surface area contributed by atoms with Gasteiger partial charge in [0.15, 0.2) is 0 Å². The van der Waals surface area contributed by atoms with E-state index in [4.69, 9.17) is 15.1 Å². The van der Waals surface area contributed by atoms with Crippen LogP contribution in [0, 0.1) is 17.2 Å². The Hall–Kier alpha value is -1.12. The Morgan fingerprint density at radius 3 is 2.94 bits per heavy atom. The van der Waals surface area contributed by atoms with E-state index < -0.39 is 11.9 Å². The van der Waals surface area contributed by atoms with Crippen molar-refractivity contribution in [1.82, 2.24) is 4.90 Å². The van der Waals surface area contributed by atoms with Crippen LogP contribution in [0.5, 0.6) is 0 Å². The normalized spacial score (nSPS) is 24.6. The maximum absolute atomic E-state index is 10.9. The van der Waals surface area contributed by atoms with Crippen molar-refractivity contribution >= 4 is 5.97 Å². The zero-order valence-corrected chi connectivity index (χ0v) is 9.56. The number of carbonyl (C=O) groups is 1. The fraction of sp³-hybridized carbons (Fsp3) is 0.818. The first-order valence-electron chi connectivity index (χ1n) is 5.54. The highest BCUT2D eigenvalue weighted by Crippen LogP contribution is 2.19. The van der Waals surface area contributed by atoms with Crippen molar-refractivity contribution in [3.63, 3.8) is 0 Å². The molecule has 2 atom stereocenters. The highest BCUT2D eigenvalue weighted by molar-refractivity contribution is 5.71. The van der Waals surface area contributed by atoms with Crippen LogP contribution >= 0.6 is 0 Å². The van der Waals surface area contributed by atoms with Crippen LogP contribution in [-0.4, -0.2) is 48.8 Å². The van der Waals surface area contributed by atoms with E-state index >= 15 is 0 Å². The molecule has 1 fully saturated rings. The number of carboxylic acid groups (broad SMARTS) is 1. The predicted octanol–water partition coefficient (Wildman–Crippen LogP) is 0.712. The summed E-state index contributed by atoms with van der Waals surface area (Å²) in [6.07, 6.45) is 2.36. The van der Waals surface area contributed by atoms with Crippen LogP contribution in [0.15, 0.2) is 0 Å². The van der Waals surface area contributed by atoms with Crippen molar-refractivity contribution in [2.45, 2.75) is 25.3 Å². The molecule has 1 rings (SSSR count). The van der Waals surface area contributed by atoms with Gasteiger partial charge in [-0.2, -0.15) is 5.26 Å². The largest absolute Gasteiger partial charge is 0.481 e. The van der Waals surface area contributed by atoms with Crippen LogP contribution < -0.4 is 0 Å². The molecule has 1 aliphatic rings. The molecule has 16 heavy (non-hydrogen) atoms. The minimum absolute atomic E-state index is 0.0282. The van der Waals surface area contributed by atoms with Gasteiger partial charge in [-0.15, -0.1) is 0 Å². The van der Waals surface area contributed by atoms with Gasteiger partial charge in [-0.3, -0.25) is 4.79 Å². The van der Waals surface area contributed by atoms with Gasteiger partial charge in [-0.1, -0.05) is 0 Å². The Morgan fingerprint density at radius 2 is 2.31 bits per heavy atom. The van der Waals surface area contributed by atoms with Crippen LogP contribution in [-0.2, 0) is 9.53 Å². The summed E-state index contributed by atoms with van der Waals surface area (Å²) in [7, 11) is 1.92. The summed E-state index contributed by atoms with van der Waals surface area (Å²) in [5.41, 5.74) is 0. The molecule has 5 nitrogen and oxygen atoms in total. The fourth-order valence-electron chi connectivity index (χ4n) is 1.94. The summed E-state index contributed by atoms with van der Waals surface area (Å²) in [6, 6.07) is 2.07. The Kier molecular flexibility index (Phi) is 5.23. The van der Waals surface area contributed by atoms with Crippen molar-refractivity contribution in [2.75, 3.05) is 26.8 Å². The van der Waals surface area contributed by atoms with Gasteiger partial charge < -0.3 is 14.7 Å². The summed E-state index contributed by atoms with van der Waals surface area (Å²) in [5.74, 6) is -1.20. The van der Waals surface area contributed by atoms with Gasteiger partial charge in [0.2, 0.25) is 0 Å². The van der Waals surface area contributed by atoms with E-state index in [1.165, 1.54) is 0 Å². The fourth-order valence-corrected chi connectivity index (χ4v) is 1.94. The predicted molar refractivity (Wildman–Crippen MR) is 57.8 cm³/mol. The molecule has 1 aliphatic heterocycles. The summed E-state index contributed by atoms with van der Waals surface area (Å²) in [5, 5.41) is 17.4. The molecule has 0 aromatic carbocycles. The molecule has 0 radical (unpaired) electrons. The van der Waals surface area contributed by atoms with Crippen molar-refractivity contribution in [1.29, 1.82) is 5.26 Å². The Balaban J connectivity index is 2.32. The Morgan fingerprint density at radius 1 is 1.56 bits per heavy atom. The number of likely N-dealkylation sites (N-methyl/N-ethyl adjacent to an activating group) is 1. The van der Waals surface area contributed by atoms with Crippen molar-refractivity contribution in [2.24, 2.45) is 5.92 Å². The van der Waals surface area contributed by atoms with E-state index in [9.17, 15) is 4.79 Å². The third-order valence-corrected chi connectivity index (χ3v) is 2.98. The minimum Gasteiger partial charge on any atom is -0.481 e. The first-order valence-corrected chi connectivity index (χ1v) is 5.54. The number of unbranched alkanes of at least 4 members (excludes halogenated alkanes) is 2. The lowest BCUT2D eigenvalue weighted by Crippen LogP contribution is -2.41. The zero-order chi connectivity index (χ0) is 12.0. The molecule has 0 saturated carbocycles. The van der Waals surface area contributed by atoms with Crippen LogP contribution in [0.3, 0.4) is 0 Å². The molecule has 0 bridgehead atoms. The van der Waals surface area contributed by atoms with E-state index in [-0.39, 0.29) is 6.04 Å². The third-order valence-electron chi connectivity index (χ3n) is 2.98.